The molecule has 0 aliphatic carbocycles. The van der Waals surface area contributed by atoms with Crippen molar-refractivity contribution in [2.24, 2.45) is 0 Å². The highest BCUT2D eigenvalue weighted by molar-refractivity contribution is 5.36. The number of nitrogens with two attached hydrogens (primary N) is 1. The Morgan fingerprint density at radius 2 is 2.12 bits per heavy atom. The van der Waals surface area contributed by atoms with Gasteiger partial charge < -0.3 is 16.0 Å². The molecule has 0 aromatic carbocycles. The molecule has 0 spiro atoms. The summed E-state index contributed by atoms with van der Waals surface area (Å²) in [5.41, 5.74) is 6.07. The minimum Gasteiger partial charge on any atom is -0.396 e. The van der Waals surface area contributed by atoms with Crippen molar-refractivity contribution in [3.63, 3.8) is 0 Å². The van der Waals surface area contributed by atoms with E-state index in [4.69, 9.17) is 5.73 Å². The van der Waals surface area contributed by atoms with Crippen molar-refractivity contribution in [2.45, 2.75) is 19.4 Å². The number of nitrogens with zero attached hydrogens (tertiary/aromatic N) is 3. The predicted octanol–water partition coefficient (Wildman–Crippen LogP) is 1.35. The molecular weight excluding hydrogens is 204 g/mol. The number of hydrogen-bond donors (Lipinski definition) is 3. The standard InChI is InChI=1S/C10H14N6/c1-2-8(9-12-3-4-13-9)16-10-14-5-7(11)6-15-10/h3-6,8H,2,11H2,1H3,(H,12,13)(H,14,15,16). The SMILES string of the molecule is CCC(Nc1ncc(N)cn1)c1ncc[nH]1. The zero-order chi connectivity index (χ0) is 11.4. The van der Waals surface area contributed by atoms with Gasteiger partial charge in [-0.3, -0.25) is 0 Å². The molecule has 4 N–H and O–H groups in total. The summed E-state index contributed by atoms with van der Waals surface area (Å²) < 4.78 is 0. The lowest BCUT2D eigenvalue weighted by molar-refractivity contribution is 0.695. The molecule has 1 atom stereocenters. The van der Waals surface area contributed by atoms with E-state index in [0.29, 0.717) is 11.6 Å². The van der Waals surface area contributed by atoms with Gasteiger partial charge in [-0.2, -0.15) is 0 Å². The van der Waals surface area contributed by atoms with Crippen LogP contribution in [0.5, 0.6) is 0 Å². The fraction of sp³-hybridized carbons (Fsp3) is 0.300. The van der Waals surface area contributed by atoms with Gasteiger partial charge in [-0.15, -0.1) is 0 Å². The van der Waals surface area contributed by atoms with Crippen molar-refractivity contribution in [2.75, 3.05) is 11.1 Å². The van der Waals surface area contributed by atoms with E-state index in [1.165, 1.54) is 0 Å². The van der Waals surface area contributed by atoms with E-state index in [0.717, 1.165) is 12.2 Å². The van der Waals surface area contributed by atoms with Gasteiger partial charge in [0.25, 0.3) is 0 Å². The highest BCUT2D eigenvalue weighted by Crippen LogP contribution is 2.16. The van der Waals surface area contributed by atoms with Crippen molar-refractivity contribution < 1.29 is 0 Å². The minimum atomic E-state index is 0.0821. The normalized spacial score (nSPS) is 12.3. The highest BCUT2D eigenvalue weighted by atomic mass is 15.1. The molecule has 0 bridgehead atoms. The molecule has 0 saturated carbocycles. The van der Waals surface area contributed by atoms with E-state index in [1.807, 2.05) is 0 Å². The zero-order valence-electron chi connectivity index (χ0n) is 9.01. The van der Waals surface area contributed by atoms with E-state index < -0.39 is 0 Å². The molecular formula is C10H14N6. The Bertz CT molecular complexity index is 421. The lowest BCUT2D eigenvalue weighted by Gasteiger charge is -2.14. The Balaban J connectivity index is 2.10. The number of H-pyrrole nitrogens is 1. The molecule has 2 rings (SSSR count). The number of aromatic amines is 1. The molecule has 84 valence electrons. The predicted molar refractivity (Wildman–Crippen MR) is 61.7 cm³/mol. The summed E-state index contributed by atoms with van der Waals surface area (Å²) in [4.78, 5) is 15.4. The van der Waals surface area contributed by atoms with Crippen LogP contribution in [0.4, 0.5) is 11.6 Å². The van der Waals surface area contributed by atoms with Crippen molar-refractivity contribution in [1.82, 2.24) is 19.9 Å². The van der Waals surface area contributed by atoms with Gasteiger partial charge in [0.1, 0.15) is 5.82 Å². The number of imidazole rings is 1. The van der Waals surface area contributed by atoms with Crippen LogP contribution in [0.1, 0.15) is 25.2 Å². The van der Waals surface area contributed by atoms with Gasteiger partial charge in [0.05, 0.1) is 24.1 Å². The first kappa shape index (κ1) is 10.4. The topological polar surface area (TPSA) is 92.5 Å². The van der Waals surface area contributed by atoms with Crippen LogP contribution in [0.25, 0.3) is 0 Å². The van der Waals surface area contributed by atoms with Gasteiger partial charge >= 0.3 is 0 Å². The summed E-state index contributed by atoms with van der Waals surface area (Å²) in [6.07, 6.45) is 7.56. The number of anilines is 2. The van der Waals surface area contributed by atoms with Crippen LogP contribution in [0.2, 0.25) is 0 Å². The quantitative estimate of drug-likeness (QED) is 0.720. The van der Waals surface area contributed by atoms with E-state index in [9.17, 15) is 0 Å². The summed E-state index contributed by atoms with van der Waals surface area (Å²) in [5.74, 6) is 1.43. The Morgan fingerprint density at radius 3 is 2.69 bits per heavy atom. The molecule has 2 aromatic heterocycles. The third kappa shape index (κ3) is 2.28. The summed E-state index contributed by atoms with van der Waals surface area (Å²) in [6, 6.07) is 0.0821. The first-order chi connectivity index (χ1) is 7.79. The van der Waals surface area contributed by atoms with E-state index in [1.54, 1.807) is 24.8 Å². The first-order valence-electron chi connectivity index (χ1n) is 5.13. The molecule has 1 unspecified atom stereocenters. The minimum absolute atomic E-state index is 0.0821. The van der Waals surface area contributed by atoms with Crippen LogP contribution in [0.3, 0.4) is 0 Å². The van der Waals surface area contributed by atoms with Gasteiger partial charge in [0.15, 0.2) is 0 Å². The largest absolute Gasteiger partial charge is 0.396 e. The number of hydrogen-bond acceptors (Lipinski definition) is 5. The molecule has 0 aliphatic heterocycles. The maximum atomic E-state index is 5.51. The number of nitrogen functional groups attached to an aromatic ring is 1. The van der Waals surface area contributed by atoms with E-state index >= 15 is 0 Å². The van der Waals surface area contributed by atoms with Crippen molar-refractivity contribution in [3.05, 3.63) is 30.6 Å². The summed E-state index contributed by atoms with van der Waals surface area (Å²) >= 11 is 0. The van der Waals surface area contributed by atoms with Gasteiger partial charge in [-0.25, -0.2) is 15.0 Å². The lowest BCUT2D eigenvalue weighted by Crippen LogP contribution is -2.13. The maximum absolute atomic E-state index is 5.51. The third-order valence-electron chi connectivity index (χ3n) is 2.23. The first-order valence-corrected chi connectivity index (χ1v) is 5.13. The smallest absolute Gasteiger partial charge is 0.223 e. The third-order valence-corrected chi connectivity index (χ3v) is 2.23. The Labute approximate surface area is 93.3 Å². The van der Waals surface area contributed by atoms with Crippen LogP contribution >= 0.6 is 0 Å². The van der Waals surface area contributed by atoms with Crippen LogP contribution in [0.15, 0.2) is 24.8 Å². The molecule has 0 fully saturated rings. The van der Waals surface area contributed by atoms with Crippen molar-refractivity contribution in [3.8, 4) is 0 Å². The second-order valence-electron chi connectivity index (χ2n) is 3.42. The molecule has 0 radical (unpaired) electrons. The Hall–Kier alpha value is -2.11. The monoisotopic (exact) mass is 218 g/mol. The summed E-state index contributed by atoms with van der Waals surface area (Å²) in [6.45, 7) is 2.07. The van der Waals surface area contributed by atoms with E-state index in [-0.39, 0.29) is 6.04 Å². The lowest BCUT2D eigenvalue weighted by atomic mass is 10.2. The van der Waals surface area contributed by atoms with Crippen LogP contribution in [-0.2, 0) is 0 Å². The van der Waals surface area contributed by atoms with Crippen LogP contribution < -0.4 is 11.1 Å². The van der Waals surface area contributed by atoms with Gasteiger partial charge in [0, 0.05) is 12.4 Å². The van der Waals surface area contributed by atoms with E-state index in [2.05, 4.69) is 32.2 Å². The molecule has 2 aromatic rings. The van der Waals surface area contributed by atoms with Crippen molar-refractivity contribution >= 4 is 11.6 Å². The second-order valence-corrected chi connectivity index (χ2v) is 3.42. The Kier molecular flexibility index (Phi) is 3.00. The Morgan fingerprint density at radius 1 is 1.38 bits per heavy atom. The fourth-order valence-electron chi connectivity index (χ4n) is 1.40. The summed E-state index contributed by atoms with van der Waals surface area (Å²) in [5, 5.41) is 3.19. The summed E-state index contributed by atoms with van der Waals surface area (Å²) in [7, 11) is 0. The maximum Gasteiger partial charge on any atom is 0.223 e. The average Bonchev–Trinajstić information content (AvgIpc) is 2.82. The molecule has 0 amide bonds. The zero-order valence-corrected chi connectivity index (χ0v) is 9.01. The number of nitrogens with one attached hydrogen (secondary N) is 2. The average molecular weight is 218 g/mol. The molecule has 0 aliphatic rings. The molecule has 0 saturated heterocycles. The van der Waals surface area contributed by atoms with Gasteiger partial charge in [-0.1, -0.05) is 6.92 Å². The molecule has 6 nitrogen and oxygen atoms in total. The van der Waals surface area contributed by atoms with Crippen LogP contribution in [-0.4, -0.2) is 19.9 Å². The fourth-order valence-corrected chi connectivity index (χ4v) is 1.40. The molecule has 2 heterocycles. The number of rotatable bonds is 4. The van der Waals surface area contributed by atoms with Gasteiger partial charge in [-0.05, 0) is 6.42 Å². The molecule has 16 heavy (non-hydrogen) atoms. The molecule has 6 heteroatoms. The second kappa shape index (κ2) is 4.61. The highest BCUT2D eigenvalue weighted by Gasteiger charge is 2.12. The number of aromatic nitrogens is 4. The van der Waals surface area contributed by atoms with Gasteiger partial charge in [0.2, 0.25) is 5.95 Å². The van der Waals surface area contributed by atoms with Crippen molar-refractivity contribution in [1.29, 1.82) is 0 Å². The van der Waals surface area contributed by atoms with Crippen LogP contribution in [0, 0.1) is 0 Å².